The van der Waals surface area contributed by atoms with Gasteiger partial charge in [-0.25, -0.2) is 0 Å². The first-order valence-electron chi connectivity index (χ1n) is 5.60. The van der Waals surface area contributed by atoms with Crippen LogP contribution in [-0.2, 0) is 4.74 Å². The van der Waals surface area contributed by atoms with E-state index in [0.29, 0.717) is 13.2 Å². The first-order chi connectivity index (χ1) is 7.65. The Labute approximate surface area is 97.4 Å². The molecule has 0 bridgehead atoms. The quantitative estimate of drug-likeness (QED) is 0.719. The maximum atomic E-state index is 9.93. The van der Waals surface area contributed by atoms with E-state index in [1.165, 1.54) is 11.1 Å². The Balaban J connectivity index is 2.46. The van der Waals surface area contributed by atoms with E-state index in [2.05, 4.69) is 19.2 Å². The lowest BCUT2D eigenvalue weighted by atomic mass is 10.0. The lowest BCUT2D eigenvalue weighted by Crippen LogP contribution is -2.25. The van der Waals surface area contributed by atoms with Gasteiger partial charge in [-0.1, -0.05) is 18.2 Å². The molecule has 3 nitrogen and oxygen atoms in total. The minimum Gasteiger partial charge on any atom is -0.387 e. The fourth-order valence-corrected chi connectivity index (χ4v) is 1.50. The number of nitrogens with one attached hydrogen (secondary N) is 1. The zero-order valence-corrected chi connectivity index (χ0v) is 10.3. The summed E-state index contributed by atoms with van der Waals surface area (Å²) in [7, 11) is 1.67. The Hall–Kier alpha value is -0.900. The molecule has 2 N–H and O–H groups in total. The molecule has 16 heavy (non-hydrogen) atoms. The molecule has 0 saturated carbocycles. The van der Waals surface area contributed by atoms with Crippen molar-refractivity contribution in [3.63, 3.8) is 0 Å². The van der Waals surface area contributed by atoms with Crippen molar-refractivity contribution in [2.75, 3.05) is 26.8 Å². The number of methoxy groups -OCH3 is 1. The highest BCUT2D eigenvalue weighted by molar-refractivity contribution is 5.31. The minimum absolute atomic E-state index is 0.448. The summed E-state index contributed by atoms with van der Waals surface area (Å²) in [6, 6.07) is 6.06. The zero-order valence-electron chi connectivity index (χ0n) is 10.3. The van der Waals surface area contributed by atoms with E-state index in [1.54, 1.807) is 7.11 Å². The van der Waals surface area contributed by atoms with Gasteiger partial charge in [0.05, 0.1) is 12.7 Å². The predicted octanol–water partition coefficient (Wildman–Crippen LogP) is 1.57. The third kappa shape index (κ3) is 3.93. The summed E-state index contributed by atoms with van der Waals surface area (Å²) in [6.45, 7) is 6.12. The van der Waals surface area contributed by atoms with Gasteiger partial charge in [0.1, 0.15) is 0 Å². The standard InChI is InChI=1S/C13H21NO2/c1-10-4-5-12(8-11(10)2)13(15)9-14-6-7-16-3/h4-5,8,13-15H,6-7,9H2,1-3H3. The van der Waals surface area contributed by atoms with Crippen molar-refractivity contribution in [3.8, 4) is 0 Å². The van der Waals surface area contributed by atoms with Gasteiger partial charge in [0.2, 0.25) is 0 Å². The van der Waals surface area contributed by atoms with Crippen molar-refractivity contribution in [3.05, 3.63) is 34.9 Å². The van der Waals surface area contributed by atoms with E-state index in [-0.39, 0.29) is 0 Å². The minimum atomic E-state index is -0.448. The van der Waals surface area contributed by atoms with Crippen molar-refractivity contribution in [1.82, 2.24) is 5.32 Å². The number of rotatable bonds is 6. The topological polar surface area (TPSA) is 41.5 Å². The molecule has 1 atom stereocenters. The number of aliphatic hydroxyl groups excluding tert-OH is 1. The molecule has 0 aromatic heterocycles. The normalized spacial score (nSPS) is 12.8. The molecule has 0 aliphatic heterocycles. The van der Waals surface area contributed by atoms with Crippen LogP contribution in [0.3, 0.4) is 0 Å². The van der Waals surface area contributed by atoms with Gasteiger partial charge in [-0.05, 0) is 30.5 Å². The maximum absolute atomic E-state index is 9.93. The Kier molecular flexibility index (Phi) is 5.46. The number of aryl methyl sites for hydroxylation is 2. The summed E-state index contributed by atoms with van der Waals surface area (Å²) < 4.78 is 4.92. The van der Waals surface area contributed by atoms with Crippen molar-refractivity contribution in [2.24, 2.45) is 0 Å². The number of ether oxygens (including phenoxy) is 1. The highest BCUT2D eigenvalue weighted by Gasteiger charge is 2.07. The average molecular weight is 223 g/mol. The molecule has 0 aliphatic rings. The third-order valence-electron chi connectivity index (χ3n) is 2.74. The van der Waals surface area contributed by atoms with E-state index < -0.39 is 6.10 Å². The van der Waals surface area contributed by atoms with Gasteiger partial charge < -0.3 is 15.2 Å². The van der Waals surface area contributed by atoms with Crippen LogP contribution in [0.5, 0.6) is 0 Å². The molecule has 0 radical (unpaired) electrons. The molecule has 0 saturated heterocycles. The van der Waals surface area contributed by atoms with Crippen LogP contribution in [-0.4, -0.2) is 31.9 Å². The number of aliphatic hydroxyl groups is 1. The maximum Gasteiger partial charge on any atom is 0.0914 e. The summed E-state index contributed by atoms with van der Waals surface area (Å²) in [6.07, 6.45) is -0.448. The number of hydrogen-bond donors (Lipinski definition) is 2. The Morgan fingerprint density at radius 2 is 2.06 bits per heavy atom. The van der Waals surface area contributed by atoms with E-state index in [0.717, 1.165) is 12.1 Å². The monoisotopic (exact) mass is 223 g/mol. The molecule has 1 aromatic carbocycles. The average Bonchev–Trinajstić information content (AvgIpc) is 2.28. The van der Waals surface area contributed by atoms with Crippen LogP contribution in [0, 0.1) is 13.8 Å². The van der Waals surface area contributed by atoms with Crippen LogP contribution in [0.2, 0.25) is 0 Å². The van der Waals surface area contributed by atoms with Crippen molar-refractivity contribution in [2.45, 2.75) is 20.0 Å². The van der Waals surface area contributed by atoms with Gasteiger partial charge in [0.15, 0.2) is 0 Å². The summed E-state index contributed by atoms with van der Waals surface area (Å²) in [4.78, 5) is 0. The SMILES string of the molecule is COCCNCC(O)c1ccc(C)c(C)c1. The van der Waals surface area contributed by atoms with Gasteiger partial charge >= 0.3 is 0 Å². The summed E-state index contributed by atoms with van der Waals surface area (Å²) in [5, 5.41) is 13.1. The fourth-order valence-electron chi connectivity index (χ4n) is 1.50. The summed E-state index contributed by atoms with van der Waals surface area (Å²) in [5.74, 6) is 0. The largest absolute Gasteiger partial charge is 0.387 e. The highest BCUT2D eigenvalue weighted by atomic mass is 16.5. The van der Waals surface area contributed by atoms with Crippen LogP contribution >= 0.6 is 0 Å². The lowest BCUT2D eigenvalue weighted by molar-refractivity contribution is 0.161. The van der Waals surface area contributed by atoms with Crippen molar-refractivity contribution >= 4 is 0 Å². The molecule has 0 aliphatic carbocycles. The Morgan fingerprint density at radius 1 is 1.31 bits per heavy atom. The van der Waals surface area contributed by atoms with Crippen LogP contribution in [0.15, 0.2) is 18.2 Å². The van der Waals surface area contributed by atoms with Crippen LogP contribution in [0.4, 0.5) is 0 Å². The Morgan fingerprint density at radius 3 is 2.69 bits per heavy atom. The molecule has 0 amide bonds. The molecule has 1 aromatic rings. The fraction of sp³-hybridized carbons (Fsp3) is 0.538. The van der Waals surface area contributed by atoms with Crippen molar-refractivity contribution < 1.29 is 9.84 Å². The molecule has 1 unspecified atom stereocenters. The van der Waals surface area contributed by atoms with E-state index in [9.17, 15) is 5.11 Å². The van der Waals surface area contributed by atoms with Gasteiger partial charge in [0.25, 0.3) is 0 Å². The van der Waals surface area contributed by atoms with E-state index in [1.807, 2.05) is 18.2 Å². The first kappa shape index (κ1) is 13.2. The molecular weight excluding hydrogens is 202 g/mol. The zero-order chi connectivity index (χ0) is 12.0. The van der Waals surface area contributed by atoms with Gasteiger partial charge in [-0.3, -0.25) is 0 Å². The van der Waals surface area contributed by atoms with Crippen LogP contribution < -0.4 is 5.32 Å². The lowest BCUT2D eigenvalue weighted by Gasteiger charge is -2.13. The summed E-state index contributed by atoms with van der Waals surface area (Å²) >= 11 is 0. The second-order valence-electron chi connectivity index (χ2n) is 4.06. The van der Waals surface area contributed by atoms with Gasteiger partial charge in [-0.2, -0.15) is 0 Å². The van der Waals surface area contributed by atoms with E-state index in [4.69, 9.17) is 4.74 Å². The van der Waals surface area contributed by atoms with Gasteiger partial charge in [0, 0.05) is 20.2 Å². The number of benzene rings is 1. The Bertz CT molecular complexity index is 326. The predicted molar refractivity (Wildman–Crippen MR) is 65.6 cm³/mol. The third-order valence-corrected chi connectivity index (χ3v) is 2.74. The van der Waals surface area contributed by atoms with Crippen molar-refractivity contribution in [1.29, 1.82) is 0 Å². The molecule has 90 valence electrons. The van der Waals surface area contributed by atoms with Gasteiger partial charge in [-0.15, -0.1) is 0 Å². The second kappa shape index (κ2) is 6.63. The molecular formula is C13H21NO2. The highest BCUT2D eigenvalue weighted by Crippen LogP contribution is 2.16. The molecule has 3 heteroatoms. The van der Waals surface area contributed by atoms with E-state index >= 15 is 0 Å². The summed E-state index contributed by atoms with van der Waals surface area (Å²) in [5.41, 5.74) is 3.43. The molecule has 1 rings (SSSR count). The molecule has 0 fully saturated rings. The molecule has 0 spiro atoms. The van der Waals surface area contributed by atoms with Crippen LogP contribution in [0.25, 0.3) is 0 Å². The van der Waals surface area contributed by atoms with Crippen LogP contribution in [0.1, 0.15) is 22.8 Å². The molecule has 0 heterocycles. The second-order valence-corrected chi connectivity index (χ2v) is 4.06. The first-order valence-corrected chi connectivity index (χ1v) is 5.60. The smallest absolute Gasteiger partial charge is 0.0914 e. The number of hydrogen-bond acceptors (Lipinski definition) is 3.